The van der Waals surface area contributed by atoms with Crippen molar-refractivity contribution in [3.05, 3.63) is 93.8 Å². The van der Waals surface area contributed by atoms with Crippen LogP contribution in [-0.4, -0.2) is 36.9 Å². The van der Waals surface area contributed by atoms with Crippen molar-refractivity contribution < 1.29 is 35.8 Å². The Kier molecular flexibility index (Phi) is 7.07. The molecule has 4 aromatic rings. The highest BCUT2D eigenvalue weighted by molar-refractivity contribution is 9.10. The molecule has 40 heavy (non-hydrogen) atoms. The highest BCUT2D eigenvalue weighted by atomic mass is 79.9. The van der Waals surface area contributed by atoms with Gasteiger partial charge in [-0.25, -0.2) is 12.8 Å². The Morgan fingerprint density at radius 1 is 1.05 bits per heavy atom. The molecule has 1 aliphatic rings. The number of nitrogens with one attached hydrogen (secondary N) is 1. The molecule has 0 saturated heterocycles. The third-order valence-electron chi connectivity index (χ3n) is 7.38. The van der Waals surface area contributed by atoms with Crippen molar-refractivity contribution in [1.82, 2.24) is 4.98 Å². The lowest BCUT2D eigenvalue weighted by Crippen LogP contribution is -2.55. The Hall–Kier alpha value is -2.89. The summed E-state index contributed by atoms with van der Waals surface area (Å²) in [5.41, 5.74) is -4.67. The second-order valence-electron chi connectivity index (χ2n) is 10.7. The zero-order valence-electron chi connectivity index (χ0n) is 21.5. The predicted molar refractivity (Wildman–Crippen MR) is 147 cm³/mol. The maximum Gasteiger partial charge on any atom is 0.418 e. The third-order valence-corrected chi connectivity index (χ3v) is 10.1. The molecular formula is C29H26BrF4NO4S. The van der Waals surface area contributed by atoms with E-state index in [1.54, 1.807) is 18.2 Å². The van der Waals surface area contributed by atoms with E-state index in [4.69, 9.17) is 4.74 Å². The Morgan fingerprint density at radius 2 is 1.75 bits per heavy atom. The standard InChI is InChI=1S/C29H26BrF4NO4S/c1-27(2,22-15-20(31)13-17-10-11-39-25(17)22)16-28(36,29(32,33)34)26(40(37,38)21-6-4-3-5-7-21)24-14-18-12-19(30)8-9-23(18)35-24/h3-9,12-15,26,35-36H,10-11,16H2,1-2H3. The van der Waals surface area contributed by atoms with Crippen LogP contribution in [0.4, 0.5) is 17.6 Å². The Balaban J connectivity index is 1.74. The van der Waals surface area contributed by atoms with Crippen molar-refractivity contribution in [2.75, 3.05) is 6.61 Å². The first-order valence-electron chi connectivity index (χ1n) is 12.5. The lowest BCUT2D eigenvalue weighted by Gasteiger charge is -2.42. The topological polar surface area (TPSA) is 79.4 Å². The number of H-pyrrole nitrogens is 1. The molecular weight excluding hydrogens is 614 g/mol. The molecule has 2 N–H and O–H groups in total. The summed E-state index contributed by atoms with van der Waals surface area (Å²) in [6.45, 7) is 3.06. The van der Waals surface area contributed by atoms with Crippen molar-refractivity contribution in [2.24, 2.45) is 0 Å². The van der Waals surface area contributed by atoms with Crippen LogP contribution in [0.1, 0.15) is 42.3 Å². The number of aliphatic hydroxyl groups is 1. The summed E-state index contributed by atoms with van der Waals surface area (Å²) in [6.07, 6.45) is -6.13. The smallest absolute Gasteiger partial charge is 0.418 e. The number of aromatic amines is 1. The normalized spacial score (nSPS) is 16.4. The molecule has 0 bridgehead atoms. The number of fused-ring (bicyclic) bond motifs is 2. The summed E-state index contributed by atoms with van der Waals surface area (Å²) >= 11 is 3.32. The largest absolute Gasteiger partial charge is 0.493 e. The van der Waals surface area contributed by atoms with Gasteiger partial charge in [-0.2, -0.15) is 13.2 Å². The maximum absolute atomic E-state index is 15.2. The van der Waals surface area contributed by atoms with E-state index < -0.39 is 44.5 Å². The van der Waals surface area contributed by atoms with Crippen molar-refractivity contribution in [2.45, 2.75) is 54.0 Å². The average molecular weight is 640 g/mol. The van der Waals surface area contributed by atoms with Crippen molar-refractivity contribution >= 4 is 36.7 Å². The summed E-state index contributed by atoms with van der Waals surface area (Å²) in [4.78, 5) is 2.43. The van der Waals surface area contributed by atoms with Crippen LogP contribution < -0.4 is 4.74 Å². The van der Waals surface area contributed by atoms with Crippen LogP contribution in [0.3, 0.4) is 0 Å². The minimum Gasteiger partial charge on any atom is -0.493 e. The van der Waals surface area contributed by atoms with Crippen molar-refractivity contribution in [3.63, 3.8) is 0 Å². The van der Waals surface area contributed by atoms with E-state index in [2.05, 4.69) is 20.9 Å². The second kappa shape index (κ2) is 9.88. The number of halogens is 5. The lowest BCUT2D eigenvalue weighted by atomic mass is 9.72. The number of ether oxygens (including phenoxy) is 1. The Bertz CT molecular complexity index is 1690. The fraction of sp³-hybridized carbons (Fsp3) is 0.310. The molecule has 0 radical (unpaired) electrons. The first-order valence-corrected chi connectivity index (χ1v) is 14.8. The molecule has 2 unspecified atom stereocenters. The monoisotopic (exact) mass is 639 g/mol. The van der Waals surface area contributed by atoms with E-state index in [0.29, 0.717) is 27.4 Å². The van der Waals surface area contributed by atoms with E-state index in [-0.39, 0.29) is 28.5 Å². The number of sulfone groups is 1. The Morgan fingerprint density at radius 3 is 2.42 bits per heavy atom. The minimum atomic E-state index is -5.41. The zero-order chi connectivity index (χ0) is 29.1. The highest BCUT2D eigenvalue weighted by Crippen LogP contribution is 2.53. The predicted octanol–water partition coefficient (Wildman–Crippen LogP) is 7.18. The fourth-order valence-corrected chi connectivity index (χ4v) is 7.96. The van der Waals surface area contributed by atoms with Crippen LogP contribution in [0.2, 0.25) is 0 Å². The second-order valence-corrected chi connectivity index (χ2v) is 13.7. The summed E-state index contributed by atoms with van der Waals surface area (Å²) in [5.74, 6) is -0.397. The molecule has 0 amide bonds. The van der Waals surface area contributed by atoms with E-state index in [1.165, 1.54) is 56.3 Å². The molecule has 1 aliphatic heterocycles. The van der Waals surface area contributed by atoms with E-state index in [1.807, 2.05) is 0 Å². The molecule has 0 fully saturated rings. The van der Waals surface area contributed by atoms with Gasteiger partial charge in [0.25, 0.3) is 0 Å². The van der Waals surface area contributed by atoms with Gasteiger partial charge in [0.2, 0.25) is 0 Å². The van der Waals surface area contributed by atoms with Gasteiger partial charge in [-0.05, 0) is 60.4 Å². The zero-order valence-corrected chi connectivity index (χ0v) is 23.9. The first-order chi connectivity index (χ1) is 18.6. The number of alkyl halides is 3. The molecule has 0 spiro atoms. The van der Waals surface area contributed by atoms with Crippen LogP contribution in [-0.2, 0) is 21.7 Å². The van der Waals surface area contributed by atoms with E-state index >= 15 is 13.2 Å². The lowest BCUT2D eigenvalue weighted by molar-refractivity contribution is -0.268. The molecule has 212 valence electrons. The van der Waals surface area contributed by atoms with Gasteiger partial charge >= 0.3 is 6.18 Å². The number of hydrogen-bond acceptors (Lipinski definition) is 4. The number of aromatic nitrogens is 1. The Labute approximate surface area is 237 Å². The highest BCUT2D eigenvalue weighted by Gasteiger charge is 2.65. The van der Waals surface area contributed by atoms with Crippen LogP contribution in [0, 0.1) is 5.82 Å². The summed E-state index contributed by atoms with van der Waals surface area (Å²) in [6, 6.07) is 15.3. The molecule has 11 heteroatoms. The van der Waals surface area contributed by atoms with E-state index in [9.17, 15) is 17.9 Å². The molecule has 5 rings (SSSR count). The van der Waals surface area contributed by atoms with Gasteiger partial charge in [-0.15, -0.1) is 0 Å². The van der Waals surface area contributed by atoms with Crippen LogP contribution >= 0.6 is 15.9 Å². The van der Waals surface area contributed by atoms with E-state index in [0.717, 1.165) is 6.07 Å². The summed E-state index contributed by atoms with van der Waals surface area (Å²) < 4.78 is 94.5. The quantitative estimate of drug-likeness (QED) is 0.210. The molecule has 1 aromatic heterocycles. The van der Waals surface area contributed by atoms with Gasteiger partial charge in [0.1, 0.15) is 16.8 Å². The number of hydrogen-bond donors (Lipinski definition) is 2. The maximum atomic E-state index is 15.2. The van der Waals surface area contributed by atoms with Crippen molar-refractivity contribution in [1.29, 1.82) is 0 Å². The molecule has 0 saturated carbocycles. The fourth-order valence-electron chi connectivity index (χ4n) is 5.58. The first kappa shape index (κ1) is 28.6. The van der Waals surface area contributed by atoms with Gasteiger partial charge in [-0.3, -0.25) is 0 Å². The van der Waals surface area contributed by atoms with Crippen molar-refractivity contribution in [3.8, 4) is 5.75 Å². The summed E-state index contributed by atoms with van der Waals surface area (Å²) in [5, 5.41) is 9.76. The van der Waals surface area contributed by atoms with Gasteiger partial charge in [0, 0.05) is 38.6 Å². The SMILES string of the molecule is CC(C)(CC(O)(C(c1cc2cc(Br)ccc2[nH]1)S(=O)(=O)c1ccccc1)C(F)(F)F)c1cc(F)cc2c1OCC2. The average Bonchev–Trinajstić information content (AvgIpc) is 3.49. The third kappa shape index (κ3) is 4.92. The molecule has 3 aromatic carbocycles. The number of rotatable bonds is 7. The van der Waals surface area contributed by atoms with Crippen LogP contribution in [0.25, 0.3) is 10.9 Å². The molecule has 0 aliphatic carbocycles. The van der Waals surface area contributed by atoms with Crippen LogP contribution in [0.15, 0.2) is 76.1 Å². The van der Waals surface area contributed by atoms with Gasteiger partial charge in [0.15, 0.2) is 15.4 Å². The number of benzene rings is 3. The summed E-state index contributed by atoms with van der Waals surface area (Å²) in [7, 11) is -4.85. The van der Waals surface area contributed by atoms with Gasteiger partial charge < -0.3 is 14.8 Å². The molecule has 2 atom stereocenters. The van der Waals surface area contributed by atoms with Gasteiger partial charge in [0.05, 0.1) is 11.5 Å². The minimum absolute atomic E-state index is 0.124. The van der Waals surface area contributed by atoms with Crippen LogP contribution in [0.5, 0.6) is 5.75 Å². The molecule has 5 nitrogen and oxygen atoms in total. The van der Waals surface area contributed by atoms with Gasteiger partial charge in [-0.1, -0.05) is 48.0 Å². The molecule has 2 heterocycles.